The van der Waals surface area contributed by atoms with Crippen LogP contribution in [0.4, 0.5) is 5.69 Å². The molecule has 8 nitrogen and oxygen atoms in total. The number of halogens is 2. The van der Waals surface area contributed by atoms with Gasteiger partial charge in [0.1, 0.15) is 18.3 Å². The Morgan fingerprint density at radius 3 is 2.23 bits per heavy atom. The molecule has 0 radical (unpaired) electrons. The molecule has 3 aromatic rings. The first-order chi connectivity index (χ1) is 18.9. The predicted octanol–water partition coefficient (Wildman–Crippen LogP) is 5.39. The van der Waals surface area contributed by atoms with Crippen LogP contribution in [0.15, 0.2) is 77.7 Å². The Kier molecular flexibility index (Phi) is 10.8. The molecule has 0 fully saturated rings. The number of rotatable bonds is 12. The second-order valence-corrected chi connectivity index (χ2v) is 12.3. The second kappa shape index (κ2) is 13.9. The van der Waals surface area contributed by atoms with Crippen molar-refractivity contribution in [2.45, 2.75) is 38.3 Å². The quantitative estimate of drug-likeness (QED) is 0.299. The van der Waals surface area contributed by atoms with Gasteiger partial charge in [0.05, 0.1) is 17.7 Å². The Morgan fingerprint density at radius 1 is 0.925 bits per heavy atom. The Balaban J connectivity index is 2.07. The molecule has 0 aliphatic carbocycles. The first kappa shape index (κ1) is 31.3. The highest BCUT2D eigenvalue weighted by atomic mass is 35.5. The highest BCUT2D eigenvalue weighted by molar-refractivity contribution is 7.92. The fourth-order valence-corrected chi connectivity index (χ4v) is 5.77. The number of carbonyl (C=O) groups excluding carboxylic acids is 2. The first-order valence-electron chi connectivity index (χ1n) is 12.7. The molecule has 40 heavy (non-hydrogen) atoms. The van der Waals surface area contributed by atoms with Gasteiger partial charge in [-0.05, 0) is 60.9 Å². The third kappa shape index (κ3) is 7.90. The molecule has 0 aliphatic heterocycles. The number of hydrogen-bond donors (Lipinski definition) is 1. The van der Waals surface area contributed by atoms with E-state index in [2.05, 4.69) is 5.32 Å². The summed E-state index contributed by atoms with van der Waals surface area (Å²) in [6.45, 7) is 5.37. The Bertz CT molecular complexity index is 1430. The summed E-state index contributed by atoms with van der Waals surface area (Å²) in [5.41, 5.74) is 0.772. The lowest BCUT2D eigenvalue weighted by Gasteiger charge is -2.32. The molecular weight excluding hydrogens is 573 g/mol. The molecule has 2 amide bonds. The van der Waals surface area contributed by atoms with Crippen molar-refractivity contribution in [3.63, 3.8) is 0 Å². The number of hydrogen-bond acceptors (Lipinski definition) is 5. The molecule has 0 aliphatic rings. The number of methoxy groups -OCH3 is 1. The summed E-state index contributed by atoms with van der Waals surface area (Å²) < 4.78 is 34.2. The van der Waals surface area contributed by atoms with Crippen LogP contribution in [0.2, 0.25) is 10.0 Å². The molecule has 0 unspecified atom stereocenters. The number of nitrogens with one attached hydrogen (secondary N) is 1. The highest BCUT2D eigenvalue weighted by Gasteiger charge is 2.34. The molecule has 3 aromatic carbocycles. The molecule has 214 valence electrons. The van der Waals surface area contributed by atoms with Crippen molar-refractivity contribution in [1.29, 1.82) is 0 Å². The van der Waals surface area contributed by atoms with Gasteiger partial charge in [0.2, 0.25) is 11.8 Å². The first-order valence-corrected chi connectivity index (χ1v) is 14.9. The minimum Gasteiger partial charge on any atom is -0.495 e. The number of amides is 2. The van der Waals surface area contributed by atoms with E-state index in [9.17, 15) is 18.0 Å². The molecule has 0 aromatic heterocycles. The molecule has 0 saturated heterocycles. The number of ether oxygens (including phenoxy) is 1. The fourth-order valence-electron chi connectivity index (χ4n) is 3.96. The lowest BCUT2D eigenvalue weighted by Crippen LogP contribution is -2.51. The minimum atomic E-state index is -4.25. The summed E-state index contributed by atoms with van der Waals surface area (Å²) in [7, 11) is -2.86. The van der Waals surface area contributed by atoms with E-state index < -0.39 is 28.5 Å². The predicted molar refractivity (Wildman–Crippen MR) is 158 cm³/mol. The Hall–Kier alpha value is -3.27. The Morgan fingerprint density at radius 2 is 1.60 bits per heavy atom. The van der Waals surface area contributed by atoms with Gasteiger partial charge < -0.3 is 15.0 Å². The molecule has 1 atom stereocenters. The molecule has 0 heterocycles. The van der Waals surface area contributed by atoms with Crippen molar-refractivity contribution in [2.24, 2.45) is 5.92 Å². The second-order valence-electron chi connectivity index (χ2n) is 9.61. The van der Waals surface area contributed by atoms with E-state index in [1.165, 1.54) is 36.3 Å². The van der Waals surface area contributed by atoms with Crippen LogP contribution < -0.4 is 14.4 Å². The average molecular weight is 607 g/mol. The van der Waals surface area contributed by atoms with Gasteiger partial charge in [-0.25, -0.2) is 8.42 Å². The van der Waals surface area contributed by atoms with Crippen LogP contribution in [0.1, 0.15) is 26.3 Å². The van der Waals surface area contributed by atoms with Crippen molar-refractivity contribution in [1.82, 2.24) is 10.2 Å². The average Bonchev–Trinajstić information content (AvgIpc) is 2.93. The molecule has 0 saturated carbocycles. The van der Waals surface area contributed by atoms with Gasteiger partial charge in [0.25, 0.3) is 10.0 Å². The number of sulfonamides is 1. The fraction of sp³-hybridized carbons (Fsp3) is 0.310. The standard InChI is InChI=1S/C29H33Cl2N3O5S/c1-20(2)17-32-29(36)21(3)33(18-22-9-8-10-23(30)15-22)28(35)19-34(26-16-24(31)13-14-27(26)39-4)40(37,38)25-11-6-5-7-12-25/h5-16,20-21H,17-19H2,1-4H3,(H,32,36)/t21-/m0/s1. The maximum Gasteiger partial charge on any atom is 0.264 e. The number of nitrogens with zero attached hydrogens (tertiary/aromatic N) is 2. The maximum absolute atomic E-state index is 14.0. The van der Waals surface area contributed by atoms with Crippen LogP contribution in [0, 0.1) is 5.92 Å². The lowest BCUT2D eigenvalue weighted by atomic mass is 10.1. The maximum atomic E-state index is 14.0. The van der Waals surface area contributed by atoms with Crippen molar-refractivity contribution < 1.29 is 22.7 Å². The van der Waals surface area contributed by atoms with Gasteiger partial charge in [-0.15, -0.1) is 0 Å². The lowest BCUT2D eigenvalue weighted by molar-refractivity contribution is -0.139. The highest BCUT2D eigenvalue weighted by Crippen LogP contribution is 2.35. The van der Waals surface area contributed by atoms with E-state index >= 15 is 0 Å². The minimum absolute atomic E-state index is 0.0195. The summed E-state index contributed by atoms with van der Waals surface area (Å²) in [6.07, 6.45) is 0. The zero-order valence-electron chi connectivity index (χ0n) is 22.8. The van der Waals surface area contributed by atoms with E-state index in [0.717, 1.165) is 4.31 Å². The molecule has 3 rings (SSSR count). The van der Waals surface area contributed by atoms with E-state index in [1.54, 1.807) is 55.5 Å². The summed E-state index contributed by atoms with van der Waals surface area (Å²) >= 11 is 12.4. The zero-order chi connectivity index (χ0) is 29.4. The van der Waals surface area contributed by atoms with E-state index in [1.807, 2.05) is 13.8 Å². The van der Waals surface area contributed by atoms with Gasteiger partial charge in [0, 0.05) is 23.1 Å². The van der Waals surface area contributed by atoms with Gasteiger partial charge in [-0.2, -0.15) is 0 Å². The molecule has 0 spiro atoms. The third-order valence-electron chi connectivity index (χ3n) is 6.11. The SMILES string of the molecule is COc1ccc(Cl)cc1N(CC(=O)N(Cc1cccc(Cl)c1)[C@@H](C)C(=O)NCC(C)C)S(=O)(=O)c1ccccc1. The van der Waals surface area contributed by atoms with Crippen molar-refractivity contribution in [3.8, 4) is 5.75 Å². The topological polar surface area (TPSA) is 96.0 Å². The third-order valence-corrected chi connectivity index (χ3v) is 8.36. The van der Waals surface area contributed by atoms with Crippen molar-refractivity contribution >= 4 is 50.7 Å². The van der Waals surface area contributed by atoms with Crippen LogP contribution in [0.3, 0.4) is 0 Å². The molecule has 1 N–H and O–H groups in total. The summed E-state index contributed by atoms with van der Waals surface area (Å²) in [5, 5.41) is 3.58. The zero-order valence-corrected chi connectivity index (χ0v) is 25.1. The smallest absolute Gasteiger partial charge is 0.264 e. The number of anilines is 1. The molecule has 0 bridgehead atoms. The Labute approximate surface area is 245 Å². The van der Waals surface area contributed by atoms with Gasteiger partial charge >= 0.3 is 0 Å². The van der Waals surface area contributed by atoms with Crippen LogP contribution >= 0.6 is 23.2 Å². The van der Waals surface area contributed by atoms with Gasteiger partial charge in [-0.1, -0.05) is 67.4 Å². The van der Waals surface area contributed by atoms with Crippen molar-refractivity contribution in [3.05, 3.63) is 88.4 Å². The molecule has 11 heteroatoms. The van der Waals surface area contributed by atoms with Crippen LogP contribution in [-0.4, -0.2) is 51.4 Å². The summed E-state index contributed by atoms with van der Waals surface area (Å²) in [5.74, 6) is -0.550. The normalized spacial score (nSPS) is 12.1. The van der Waals surface area contributed by atoms with Crippen LogP contribution in [-0.2, 0) is 26.2 Å². The number of carbonyl (C=O) groups is 2. The number of benzene rings is 3. The van der Waals surface area contributed by atoms with E-state index in [-0.39, 0.29) is 39.7 Å². The molecular formula is C29H33Cl2N3O5S. The summed E-state index contributed by atoms with van der Waals surface area (Å²) in [4.78, 5) is 28.4. The van der Waals surface area contributed by atoms with E-state index in [0.29, 0.717) is 17.1 Å². The van der Waals surface area contributed by atoms with Gasteiger partial charge in [-0.3, -0.25) is 13.9 Å². The van der Waals surface area contributed by atoms with Crippen LogP contribution in [0.5, 0.6) is 5.75 Å². The largest absolute Gasteiger partial charge is 0.495 e. The summed E-state index contributed by atoms with van der Waals surface area (Å²) in [6, 6.07) is 18.3. The van der Waals surface area contributed by atoms with Crippen molar-refractivity contribution in [2.75, 3.05) is 24.5 Å². The monoisotopic (exact) mass is 605 g/mol. The van der Waals surface area contributed by atoms with Gasteiger partial charge in [0.15, 0.2) is 0 Å². The van der Waals surface area contributed by atoms with E-state index in [4.69, 9.17) is 27.9 Å². The van der Waals surface area contributed by atoms with Crippen LogP contribution in [0.25, 0.3) is 0 Å².